The molecule has 1 fully saturated rings. The zero-order valence-electron chi connectivity index (χ0n) is 9.26. The number of aromatic nitrogens is 2. The maximum atomic E-state index is 9.18. The molecule has 1 aromatic rings. The summed E-state index contributed by atoms with van der Waals surface area (Å²) >= 11 is 0. The van der Waals surface area contributed by atoms with Gasteiger partial charge in [-0.25, -0.2) is 4.98 Å². The van der Waals surface area contributed by atoms with Gasteiger partial charge in [-0.2, -0.15) is 0 Å². The highest BCUT2D eigenvalue weighted by Crippen LogP contribution is 2.21. The van der Waals surface area contributed by atoms with E-state index in [1.807, 2.05) is 12.4 Å². The fourth-order valence-electron chi connectivity index (χ4n) is 2.23. The Morgan fingerprint density at radius 2 is 2.47 bits per heavy atom. The minimum absolute atomic E-state index is 0.295. The normalized spacial score (nSPS) is 22.0. The number of hydrogen-bond donors (Lipinski definition) is 1. The van der Waals surface area contributed by atoms with Gasteiger partial charge in [-0.05, 0) is 25.7 Å². The van der Waals surface area contributed by atoms with Crippen LogP contribution in [0.4, 0.5) is 5.95 Å². The van der Waals surface area contributed by atoms with Gasteiger partial charge in [0.05, 0.1) is 0 Å². The molecule has 84 valence electrons. The summed E-state index contributed by atoms with van der Waals surface area (Å²) in [6.45, 7) is 5.37. The summed E-state index contributed by atoms with van der Waals surface area (Å²) in [4.78, 5) is 6.67. The standard InChI is InChI=1S/C11H19N3O/c1-2-13-7-5-12-11(13)14-6-3-4-10(8-14)9-15/h5,7,10,15H,2-4,6,8-9H2,1H3. The van der Waals surface area contributed by atoms with Gasteiger partial charge < -0.3 is 14.6 Å². The summed E-state index contributed by atoms with van der Waals surface area (Å²) in [5.41, 5.74) is 0. The lowest BCUT2D eigenvalue weighted by Gasteiger charge is -2.32. The van der Waals surface area contributed by atoms with Crippen molar-refractivity contribution in [3.8, 4) is 0 Å². The van der Waals surface area contributed by atoms with Gasteiger partial charge in [-0.15, -0.1) is 0 Å². The van der Waals surface area contributed by atoms with Crippen LogP contribution in [0.1, 0.15) is 19.8 Å². The number of nitrogens with zero attached hydrogens (tertiary/aromatic N) is 3. The molecular weight excluding hydrogens is 190 g/mol. The summed E-state index contributed by atoms with van der Waals surface area (Å²) in [7, 11) is 0. The number of rotatable bonds is 3. The first-order valence-electron chi connectivity index (χ1n) is 5.72. The topological polar surface area (TPSA) is 41.3 Å². The Hall–Kier alpha value is -1.03. The Morgan fingerprint density at radius 3 is 3.20 bits per heavy atom. The van der Waals surface area contributed by atoms with Gasteiger partial charge in [0.25, 0.3) is 0 Å². The van der Waals surface area contributed by atoms with Crippen LogP contribution < -0.4 is 4.90 Å². The quantitative estimate of drug-likeness (QED) is 0.811. The van der Waals surface area contributed by atoms with E-state index in [1.54, 1.807) is 0 Å². The van der Waals surface area contributed by atoms with Gasteiger partial charge >= 0.3 is 0 Å². The minimum Gasteiger partial charge on any atom is -0.396 e. The van der Waals surface area contributed by atoms with Crippen molar-refractivity contribution in [1.82, 2.24) is 9.55 Å². The zero-order chi connectivity index (χ0) is 10.7. The minimum atomic E-state index is 0.295. The molecule has 1 atom stereocenters. The Bertz CT molecular complexity index is 311. The van der Waals surface area contributed by atoms with E-state index in [9.17, 15) is 5.11 Å². The number of aryl methyl sites for hydroxylation is 1. The van der Waals surface area contributed by atoms with E-state index < -0.39 is 0 Å². The Labute approximate surface area is 90.5 Å². The van der Waals surface area contributed by atoms with Crippen LogP contribution in [0.25, 0.3) is 0 Å². The molecule has 1 unspecified atom stereocenters. The molecule has 1 N–H and O–H groups in total. The average Bonchev–Trinajstić information content (AvgIpc) is 2.77. The molecule has 2 heterocycles. The second kappa shape index (κ2) is 4.66. The molecule has 0 saturated carbocycles. The molecule has 1 aromatic heterocycles. The summed E-state index contributed by atoms with van der Waals surface area (Å²) in [6.07, 6.45) is 6.15. The van der Waals surface area contributed by atoms with Gasteiger partial charge in [-0.3, -0.25) is 0 Å². The van der Waals surface area contributed by atoms with Crippen LogP contribution in [-0.4, -0.2) is 34.4 Å². The number of aliphatic hydroxyl groups excluding tert-OH is 1. The van der Waals surface area contributed by atoms with E-state index in [2.05, 4.69) is 21.4 Å². The largest absolute Gasteiger partial charge is 0.396 e. The Balaban J connectivity index is 2.09. The molecular formula is C11H19N3O. The summed E-state index contributed by atoms with van der Waals surface area (Å²) in [6, 6.07) is 0. The van der Waals surface area contributed by atoms with Gasteiger partial charge in [0.2, 0.25) is 5.95 Å². The Kier molecular flexibility index (Phi) is 3.26. The van der Waals surface area contributed by atoms with Crippen molar-refractivity contribution >= 4 is 5.95 Å². The maximum Gasteiger partial charge on any atom is 0.205 e. The molecule has 4 nitrogen and oxygen atoms in total. The van der Waals surface area contributed by atoms with Crippen molar-refractivity contribution in [3.63, 3.8) is 0 Å². The van der Waals surface area contributed by atoms with Crippen molar-refractivity contribution in [2.45, 2.75) is 26.3 Å². The fourth-order valence-corrected chi connectivity index (χ4v) is 2.23. The predicted molar refractivity (Wildman–Crippen MR) is 59.9 cm³/mol. The van der Waals surface area contributed by atoms with Crippen molar-refractivity contribution in [3.05, 3.63) is 12.4 Å². The second-order valence-corrected chi connectivity index (χ2v) is 4.15. The highest BCUT2D eigenvalue weighted by atomic mass is 16.3. The number of hydrogen-bond acceptors (Lipinski definition) is 3. The molecule has 0 aliphatic carbocycles. The summed E-state index contributed by atoms with van der Waals surface area (Å²) < 4.78 is 2.15. The lowest BCUT2D eigenvalue weighted by molar-refractivity contribution is 0.208. The highest BCUT2D eigenvalue weighted by molar-refractivity contribution is 5.32. The van der Waals surface area contributed by atoms with Gasteiger partial charge in [0, 0.05) is 38.6 Å². The van der Waals surface area contributed by atoms with Gasteiger partial charge in [0.15, 0.2) is 0 Å². The van der Waals surface area contributed by atoms with Crippen molar-refractivity contribution in [2.75, 3.05) is 24.6 Å². The SMILES string of the molecule is CCn1ccnc1N1CCCC(CO)C1. The van der Waals surface area contributed by atoms with Gasteiger partial charge in [0.1, 0.15) is 0 Å². The molecule has 0 spiro atoms. The van der Waals surface area contributed by atoms with Gasteiger partial charge in [-0.1, -0.05) is 0 Å². The van der Waals surface area contributed by atoms with E-state index in [1.165, 1.54) is 0 Å². The van der Waals surface area contributed by atoms with E-state index in [0.29, 0.717) is 12.5 Å². The number of anilines is 1. The molecule has 1 aliphatic heterocycles. The van der Waals surface area contributed by atoms with Crippen LogP contribution >= 0.6 is 0 Å². The monoisotopic (exact) mass is 209 g/mol. The second-order valence-electron chi connectivity index (χ2n) is 4.15. The third-order valence-corrected chi connectivity index (χ3v) is 3.09. The fraction of sp³-hybridized carbons (Fsp3) is 0.727. The van der Waals surface area contributed by atoms with Crippen LogP contribution in [0.5, 0.6) is 0 Å². The number of aliphatic hydroxyl groups is 1. The first kappa shape index (κ1) is 10.5. The molecule has 1 saturated heterocycles. The van der Waals surface area contributed by atoms with E-state index in [-0.39, 0.29) is 0 Å². The molecule has 1 aliphatic rings. The lowest BCUT2D eigenvalue weighted by Crippen LogP contribution is -2.38. The molecule has 0 radical (unpaired) electrons. The average molecular weight is 209 g/mol. The molecule has 0 amide bonds. The molecule has 2 rings (SSSR count). The predicted octanol–water partition coefficient (Wildman–Crippen LogP) is 1.11. The van der Waals surface area contributed by atoms with Crippen LogP contribution in [0, 0.1) is 5.92 Å². The van der Waals surface area contributed by atoms with Crippen molar-refractivity contribution in [2.24, 2.45) is 5.92 Å². The third-order valence-electron chi connectivity index (χ3n) is 3.09. The third kappa shape index (κ3) is 2.15. The first-order chi connectivity index (χ1) is 7.35. The van der Waals surface area contributed by atoms with Crippen molar-refractivity contribution in [1.29, 1.82) is 0 Å². The maximum absolute atomic E-state index is 9.18. The molecule has 15 heavy (non-hydrogen) atoms. The summed E-state index contributed by atoms with van der Waals surface area (Å²) in [5.74, 6) is 1.47. The highest BCUT2D eigenvalue weighted by Gasteiger charge is 2.21. The number of imidazole rings is 1. The zero-order valence-corrected chi connectivity index (χ0v) is 9.26. The van der Waals surface area contributed by atoms with Crippen LogP contribution in [0.3, 0.4) is 0 Å². The van der Waals surface area contributed by atoms with Crippen LogP contribution in [0.15, 0.2) is 12.4 Å². The first-order valence-corrected chi connectivity index (χ1v) is 5.72. The molecule has 0 bridgehead atoms. The van der Waals surface area contributed by atoms with E-state index in [0.717, 1.165) is 38.4 Å². The lowest BCUT2D eigenvalue weighted by atomic mass is 9.99. The van der Waals surface area contributed by atoms with E-state index >= 15 is 0 Å². The van der Waals surface area contributed by atoms with Crippen LogP contribution in [-0.2, 0) is 6.54 Å². The van der Waals surface area contributed by atoms with E-state index in [4.69, 9.17) is 0 Å². The summed E-state index contributed by atoms with van der Waals surface area (Å²) in [5, 5.41) is 9.18. The number of piperidine rings is 1. The molecule has 4 heteroatoms. The smallest absolute Gasteiger partial charge is 0.205 e. The Morgan fingerprint density at radius 1 is 1.60 bits per heavy atom. The molecule has 0 aromatic carbocycles. The van der Waals surface area contributed by atoms with Crippen molar-refractivity contribution < 1.29 is 5.11 Å². The van der Waals surface area contributed by atoms with Crippen LogP contribution in [0.2, 0.25) is 0 Å².